The van der Waals surface area contributed by atoms with Crippen molar-refractivity contribution in [3.8, 4) is 0 Å². The predicted molar refractivity (Wildman–Crippen MR) is 66.9 cm³/mol. The van der Waals surface area contributed by atoms with Crippen LogP contribution in [-0.2, 0) is 28.5 Å². The summed E-state index contributed by atoms with van der Waals surface area (Å²) in [7, 11) is 1.26. The number of rotatable bonds is 1. The Morgan fingerprint density at radius 1 is 1.15 bits per heavy atom. The van der Waals surface area contributed by atoms with E-state index in [4.69, 9.17) is 18.9 Å². The van der Waals surface area contributed by atoms with Crippen LogP contribution < -0.4 is 0 Å². The second-order valence-electron chi connectivity index (χ2n) is 6.23. The third-order valence-corrected chi connectivity index (χ3v) is 4.51. The molecule has 3 aliphatic heterocycles. The maximum Gasteiger partial charge on any atom is 0.351 e. The van der Waals surface area contributed by atoms with Crippen LogP contribution in [0.25, 0.3) is 0 Å². The van der Waals surface area contributed by atoms with Crippen LogP contribution in [0.1, 0.15) is 32.6 Å². The van der Waals surface area contributed by atoms with Crippen molar-refractivity contribution in [2.75, 3.05) is 26.9 Å². The lowest BCUT2D eigenvalue weighted by Crippen LogP contribution is -2.67. The first-order valence-electron chi connectivity index (χ1n) is 7.02. The fraction of sp³-hybridized carbons (Fsp3) is 0.857. The number of hydrogen-bond donors (Lipinski definition) is 0. The molecular formula is C14H20O6. The molecule has 0 aromatic rings. The maximum absolute atomic E-state index is 12.6. The molecule has 1 spiro atoms. The number of carbonyl (C=O) groups is 2. The van der Waals surface area contributed by atoms with Gasteiger partial charge >= 0.3 is 5.97 Å². The summed E-state index contributed by atoms with van der Waals surface area (Å²) in [4.78, 5) is 25.0. The molecule has 1 atom stereocenters. The van der Waals surface area contributed by atoms with E-state index in [2.05, 4.69) is 0 Å². The molecule has 0 amide bonds. The highest BCUT2D eigenvalue weighted by atomic mass is 16.7. The van der Waals surface area contributed by atoms with Crippen LogP contribution in [0.2, 0.25) is 0 Å². The van der Waals surface area contributed by atoms with E-state index in [1.807, 2.05) is 6.92 Å². The summed E-state index contributed by atoms with van der Waals surface area (Å²) in [6.07, 6.45) is 2.20. The zero-order valence-electron chi connectivity index (χ0n) is 11.9. The van der Waals surface area contributed by atoms with Gasteiger partial charge in [-0.25, -0.2) is 4.79 Å². The van der Waals surface area contributed by atoms with E-state index in [9.17, 15) is 9.59 Å². The van der Waals surface area contributed by atoms with Gasteiger partial charge in [-0.2, -0.15) is 0 Å². The molecule has 112 valence electrons. The summed E-state index contributed by atoms with van der Waals surface area (Å²) >= 11 is 0. The predicted octanol–water partition coefficient (Wildman–Crippen LogP) is 0.821. The number of Topliss-reactive ketones (excluding diaryl/α,β-unsaturated/α-hetero) is 1. The van der Waals surface area contributed by atoms with Crippen molar-refractivity contribution in [1.29, 1.82) is 0 Å². The third-order valence-electron chi connectivity index (χ3n) is 4.51. The Bertz CT molecular complexity index is 437. The summed E-state index contributed by atoms with van der Waals surface area (Å²) in [5.74, 6) is -2.34. The number of methoxy groups -OCH3 is 1. The van der Waals surface area contributed by atoms with Crippen molar-refractivity contribution in [2.24, 2.45) is 5.41 Å². The molecule has 2 bridgehead atoms. The van der Waals surface area contributed by atoms with Crippen LogP contribution in [-0.4, -0.2) is 50.1 Å². The van der Waals surface area contributed by atoms with Crippen LogP contribution in [0, 0.1) is 5.41 Å². The average molecular weight is 284 g/mol. The van der Waals surface area contributed by atoms with Gasteiger partial charge in [-0.1, -0.05) is 6.92 Å². The van der Waals surface area contributed by atoms with Crippen LogP contribution in [0.15, 0.2) is 0 Å². The Morgan fingerprint density at radius 3 is 2.45 bits per heavy atom. The minimum absolute atomic E-state index is 0.246. The van der Waals surface area contributed by atoms with Crippen molar-refractivity contribution in [3.63, 3.8) is 0 Å². The highest BCUT2D eigenvalue weighted by Gasteiger charge is 2.70. The first-order valence-corrected chi connectivity index (χ1v) is 7.02. The number of ketones is 1. The van der Waals surface area contributed by atoms with Gasteiger partial charge in [0.05, 0.1) is 26.9 Å². The SMILES string of the molecule is COC(=O)C12OCC3(C)COC1(CCCCC2=O)OC3. The van der Waals surface area contributed by atoms with E-state index >= 15 is 0 Å². The smallest absolute Gasteiger partial charge is 0.351 e. The minimum Gasteiger partial charge on any atom is -0.466 e. The second-order valence-corrected chi connectivity index (χ2v) is 6.23. The molecule has 20 heavy (non-hydrogen) atoms. The van der Waals surface area contributed by atoms with Crippen molar-refractivity contribution < 1.29 is 28.5 Å². The summed E-state index contributed by atoms with van der Waals surface area (Å²) in [6, 6.07) is 0. The van der Waals surface area contributed by atoms with Crippen LogP contribution in [0.3, 0.4) is 0 Å². The lowest BCUT2D eigenvalue weighted by atomic mass is 9.85. The van der Waals surface area contributed by atoms with Gasteiger partial charge in [-0.15, -0.1) is 0 Å². The number of hydrogen-bond acceptors (Lipinski definition) is 6. The Kier molecular flexibility index (Phi) is 3.15. The van der Waals surface area contributed by atoms with Crippen LogP contribution in [0.4, 0.5) is 0 Å². The summed E-state index contributed by atoms with van der Waals surface area (Å²) in [5, 5.41) is 0. The first kappa shape index (κ1) is 14.0. The summed E-state index contributed by atoms with van der Waals surface area (Å²) in [5.41, 5.74) is -2.11. The highest BCUT2D eigenvalue weighted by Crippen LogP contribution is 2.49. The lowest BCUT2D eigenvalue weighted by molar-refractivity contribution is -0.326. The molecule has 4 aliphatic rings. The molecular weight excluding hydrogens is 264 g/mol. The van der Waals surface area contributed by atoms with E-state index in [-0.39, 0.29) is 24.2 Å². The standard InChI is InChI=1S/C14H20O6/c1-12-7-18-13(19-8-12)6-4-3-5-10(15)14(13,20-9-12)11(16)17-2/h3-9H2,1-2H3. The van der Waals surface area contributed by atoms with Crippen molar-refractivity contribution >= 4 is 11.8 Å². The number of fused-ring (bicyclic) bond motifs is 3. The van der Waals surface area contributed by atoms with E-state index in [1.54, 1.807) is 0 Å². The molecule has 1 saturated carbocycles. The molecule has 0 radical (unpaired) electrons. The third kappa shape index (κ3) is 1.68. The molecule has 6 heteroatoms. The topological polar surface area (TPSA) is 71.1 Å². The zero-order valence-corrected chi connectivity index (χ0v) is 11.9. The fourth-order valence-corrected chi connectivity index (χ4v) is 3.25. The largest absolute Gasteiger partial charge is 0.466 e. The van der Waals surface area contributed by atoms with E-state index in [1.165, 1.54) is 7.11 Å². The molecule has 0 aromatic heterocycles. The van der Waals surface area contributed by atoms with Crippen LogP contribution >= 0.6 is 0 Å². The quantitative estimate of drug-likeness (QED) is 0.524. The Balaban J connectivity index is 2.14. The summed E-state index contributed by atoms with van der Waals surface area (Å²) in [6.45, 7) is 3.04. The normalized spacial score (nSPS) is 44.4. The Hall–Kier alpha value is -0.980. The van der Waals surface area contributed by atoms with E-state index < -0.39 is 17.4 Å². The molecule has 4 rings (SSSR count). The van der Waals surface area contributed by atoms with Gasteiger partial charge in [-0.05, 0) is 12.8 Å². The van der Waals surface area contributed by atoms with E-state index in [0.717, 1.165) is 6.42 Å². The molecule has 3 saturated heterocycles. The first-order chi connectivity index (χ1) is 9.48. The van der Waals surface area contributed by atoms with Gasteiger partial charge in [0.1, 0.15) is 0 Å². The van der Waals surface area contributed by atoms with Gasteiger partial charge in [0.25, 0.3) is 5.60 Å². The highest BCUT2D eigenvalue weighted by molar-refractivity contribution is 6.09. The van der Waals surface area contributed by atoms with Gasteiger partial charge in [0, 0.05) is 18.3 Å². The van der Waals surface area contributed by atoms with Crippen LogP contribution in [0.5, 0.6) is 0 Å². The molecule has 0 N–H and O–H groups in total. The molecule has 0 aromatic carbocycles. The van der Waals surface area contributed by atoms with E-state index in [0.29, 0.717) is 26.1 Å². The number of ether oxygens (including phenoxy) is 4. The zero-order chi connectivity index (χ0) is 14.4. The van der Waals surface area contributed by atoms with Gasteiger partial charge in [-0.3, -0.25) is 4.79 Å². The van der Waals surface area contributed by atoms with Crippen molar-refractivity contribution in [2.45, 2.75) is 44.0 Å². The maximum atomic E-state index is 12.6. The van der Waals surface area contributed by atoms with Gasteiger partial charge in [0.15, 0.2) is 5.78 Å². The minimum atomic E-state index is -1.77. The molecule has 6 nitrogen and oxygen atoms in total. The second kappa shape index (κ2) is 4.51. The number of esters is 1. The Labute approximate surface area is 117 Å². The average Bonchev–Trinajstić information content (AvgIpc) is 2.73. The number of carbonyl (C=O) groups excluding carboxylic acids is 2. The van der Waals surface area contributed by atoms with Crippen molar-refractivity contribution in [3.05, 3.63) is 0 Å². The summed E-state index contributed by atoms with van der Waals surface area (Å²) < 4.78 is 22.5. The fourth-order valence-electron chi connectivity index (χ4n) is 3.25. The molecule has 3 heterocycles. The lowest BCUT2D eigenvalue weighted by Gasteiger charge is -2.45. The van der Waals surface area contributed by atoms with Gasteiger partial charge in [0.2, 0.25) is 5.79 Å². The van der Waals surface area contributed by atoms with Crippen molar-refractivity contribution in [1.82, 2.24) is 0 Å². The molecule has 1 unspecified atom stereocenters. The Morgan fingerprint density at radius 2 is 1.80 bits per heavy atom. The van der Waals surface area contributed by atoms with Gasteiger partial charge < -0.3 is 18.9 Å². The molecule has 1 aliphatic carbocycles. The monoisotopic (exact) mass is 284 g/mol. The molecule has 4 fully saturated rings.